The number of likely N-dealkylation sites (N-methyl/N-ethyl adjacent to an activating group) is 1. The van der Waals surface area contributed by atoms with Gasteiger partial charge >= 0.3 is 0 Å². The molecule has 1 fully saturated rings. The molecule has 9 heteroatoms. The molecule has 1 aliphatic heterocycles. The normalized spacial score (nSPS) is 15.4. The Labute approximate surface area is 198 Å². The number of piperazine rings is 1. The number of aromatic nitrogens is 4. The molecule has 4 aromatic rings. The molecule has 0 saturated carbocycles. The van der Waals surface area contributed by atoms with Crippen LogP contribution in [0.1, 0.15) is 11.1 Å². The van der Waals surface area contributed by atoms with Crippen LogP contribution in [0.5, 0.6) is 5.75 Å². The fourth-order valence-electron chi connectivity index (χ4n) is 4.04. The number of rotatable bonds is 7. The van der Waals surface area contributed by atoms with E-state index in [4.69, 9.17) is 4.74 Å². The zero-order chi connectivity index (χ0) is 23.3. The van der Waals surface area contributed by atoms with Gasteiger partial charge in [0.2, 0.25) is 0 Å². The molecular formula is C25H28N8O. The van der Waals surface area contributed by atoms with E-state index in [1.807, 2.05) is 24.3 Å². The standard InChI is InChI=1S/C25H28N8O/c1-31-10-12-32(13-11-31)17-20-8-6-19(7-9-20)15-28-30-24-23-16-29-33(25(23)27-18-26-24)21-4-3-5-22(14-21)34-2/h3-9,14,16,18H,10-13,15,17H2,1-2H3. The summed E-state index contributed by atoms with van der Waals surface area (Å²) in [7, 11) is 3.82. The number of nitrogens with zero attached hydrogens (tertiary/aromatic N) is 8. The maximum Gasteiger partial charge on any atom is 0.188 e. The van der Waals surface area contributed by atoms with Gasteiger partial charge < -0.3 is 9.64 Å². The van der Waals surface area contributed by atoms with Crippen LogP contribution in [-0.2, 0) is 13.1 Å². The summed E-state index contributed by atoms with van der Waals surface area (Å²) in [6, 6.07) is 16.3. The second-order valence-electron chi connectivity index (χ2n) is 8.49. The molecule has 0 bridgehead atoms. The molecule has 9 nitrogen and oxygen atoms in total. The summed E-state index contributed by atoms with van der Waals surface area (Å²) in [5.41, 5.74) is 3.97. The first kappa shape index (κ1) is 22.1. The van der Waals surface area contributed by atoms with Gasteiger partial charge in [-0.3, -0.25) is 4.90 Å². The summed E-state index contributed by atoms with van der Waals surface area (Å²) in [6.07, 6.45) is 3.21. The predicted octanol–water partition coefficient (Wildman–Crippen LogP) is 3.86. The molecule has 0 aliphatic carbocycles. The minimum absolute atomic E-state index is 0.490. The van der Waals surface area contributed by atoms with Crippen molar-refractivity contribution in [2.45, 2.75) is 13.1 Å². The van der Waals surface area contributed by atoms with Crippen molar-refractivity contribution in [3.05, 3.63) is 72.2 Å². The first-order chi connectivity index (χ1) is 16.7. The van der Waals surface area contributed by atoms with Gasteiger partial charge in [0, 0.05) is 38.8 Å². The SMILES string of the molecule is COc1cccc(-n2ncc3c(N=NCc4ccc(CN5CCN(C)CC5)cc4)ncnc32)c1. The van der Waals surface area contributed by atoms with Gasteiger partial charge in [0.15, 0.2) is 11.5 Å². The van der Waals surface area contributed by atoms with Gasteiger partial charge in [0.05, 0.1) is 30.9 Å². The molecule has 0 unspecified atom stereocenters. The van der Waals surface area contributed by atoms with E-state index in [0.717, 1.165) is 55.1 Å². The second kappa shape index (κ2) is 10.1. The molecule has 1 saturated heterocycles. The van der Waals surface area contributed by atoms with Crippen LogP contribution in [0.25, 0.3) is 16.7 Å². The minimum Gasteiger partial charge on any atom is -0.497 e. The number of ether oxygens (including phenoxy) is 1. The van der Waals surface area contributed by atoms with Crippen LogP contribution in [0.15, 0.2) is 71.3 Å². The van der Waals surface area contributed by atoms with Crippen molar-refractivity contribution >= 4 is 16.9 Å². The molecule has 0 spiro atoms. The Hall–Kier alpha value is -3.69. The smallest absolute Gasteiger partial charge is 0.188 e. The number of hydrogen-bond donors (Lipinski definition) is 0. The lowest BCUT2D eigenvalue weighted by atomic mass is 10.1. The molecule has 0 atom stereocenters. The zero-order valence-corrected chi connectivity index (χ0v) is 19.5. The largest absolute Gasteiger partial charge is 0.497 e. The molecule has 2 aromatic carbocycles. The Morgan fingerprint density at radius 1 is 0.971 bits per heavy atom. The van der Waals surface area contributed by atoms with E-state index in [9.17, 15) is 0 Å². The van der Waals surface area contributed by atoms with Gasteiger partial charge in [-0.05, 0) is 30.3 Å². The molecule has 5 rings (SSSR count). The third kappa shape index (κ3) is 4.95. The number of fused-ring (bicyclic) bond motifs is 1. The van der Waals surface area contributed by atoms with Crippen molar-refractivity contribution < 1.29 is 4.74 Å². The van der Waals surface area contributed by atoms with Gasteiger partial charge in [0.1, 0.15) is 12.1 Å². The van der Waals surface area contributed by atoms with Crippen LogP contribution >= 0.6 is 0 Å². The lowest BCUT2D eigenvalue weighted by Gasteiger charge is -2.32. The van der Waals surface area contributed by atoms with Crippen molar-refractivity contribution in [2.24, 2.45) is 10.2 Å². The molecular weight excluding hydrogens is 428 g/mol. The van der Waals surface area contributed by atoms with E-state index in [1.54, 1.807) is 18.0 Å². The number of azo groups is 1. The Morgan fingerprint density at radius 3 is 2.56 bits per heavy atom. The van der Waals surface area contributed by atoms with E-state index in [-0.39, 0.29) is 0 Å². The van der Waals surface area contributed by atoms with Crippen LogP contribution in [0.4, 0.5) is 5.82 Å². The van der Waals surface area contributed by atoms with Gasteiger partial charge in [-0.25, -0.2) is 14.6 Å². The number of hydrogen-bond acceptors (Lipinski definition) is 8. The Kier molecular flexibility index (Phi) is 6.55. The molecule has 2 aromatic heterocycles. The minimum atomic E-state index is 0.490. The highest BCUT2D eigenvalue weighted by atomic mass is 16.5. The topological polar surface area (TPSA) is 84.0 Å². The maximum atomic E-state index is 5.32. The monoisotopic (exact) mass is 456 g/mol. The Morgan fingerprint density at radius 2 is 1.76 bits per heavy atom. The average Bonchev–Trinajstić information content (AvgIpc) is 3.32. The molecule has 34 heavy (non-hydrogen) atoms. The van der Waals surface area contributed by atoms with E-state index < -0.39 is 0 Å². The van der Waals surface area contributed by atoms with Crippen LogP contribution in [0, 0.1) is 0 Å². The third-order valence-corrected chi connectivity index (χ3v) is 6.09. The van der Waals surface area contributed by atoms with E-state index in [2.05, 4.69) is 66.4 Å². The maximum absolute atomic E-state index is 5.32. The number of benzene rings is 2. The lowest BCUT2D eigenvalue weighted by Crippen LogP contribution is -2.43. The average molecular weight is 457 g/mol. The Bertz CT molecular complexity index is 1280. The highest BCUT2D eigenvalue weighted by molar-refractivity contribution is 5.85. The van der Waals surface area contributed by atoms with Crippen molar-refractivity contribution in [1.29, 1.82) is 0 Å². The molecule has 0 N–H and O–H groups in total. The third-order valence-electron chi connectivity index (χ3n) is 6.09. The first-order valence-electron chi connectivity index (χ1n) is 11.4. The highest BCUT2D eigenvalue weighted by Crippen LogP contribution is 2.25. The van der Waals surface area contributed by atoms with Crippen LogP contribution in [-0.4, -0.2) is 69.9 Å². The van der Waals surface area contributed by atoms with Gasteiger partial charge in [0.25, 0.3) is 0 Å². The molecule has 0 radical (unpaired) electrons. The molecule has 0 amide bonds. The predicted molar refractivity (Wildman–Crippen MR) is 131 cm³/mol. The molecule has 1 aliphatic rings. The fraction of sp³-hybridized carbons (Fsp3) is 0.320. The fourth-order valence-corrected chi connectivity index (χ4v) is 4.04. The molecule has 3 heterocycles. The summed E-state index contributed by atoms with van der Waals surface area (Å²) in [6.45, 7) is 5.99. The number of methoxy groups -OCH3 is 1. The zero-order valence-electron chi connectivity index (χ0n) is 19.5. The lowest BCUT2D eigenvalue weighted by molar-refractivity contribution is 0.148. The van der Waals surface area contributed by atoms with E-state index in [1.165, 1.54) is 11.9 Å². The van der Waals surface area contributed by atoms with Crippen molar-refractivity contribution in [2.75, 3.05) is 40.3 Å². The van der Waals surface area contributed by atoms with Gasteiger partial charge in [-0.15, -0.1) is 5.11 Å². The molecule has 174 valence electrons. The summed E-state index contributed by atoms with van der Waals surface area (Å²) < 4.78 is 7.07. The van der Waals surface area contributed by atoms with Crippen LogP contribution in [0.3, 0.4) is 0 Å². The highest BCUT2D eigenvalue weighted by Gasteiger charge is 2.14. The van der Waals surface area contributed by atoms with Gasteiger partial charge in [-0.2, -0.15) is 10.2 Å². The first-order valence-corrected chi connectivity index (χ1v) is 11.4. The van der Waals surface area contributed by atoms with Gasteiger partial charge in [-0.1, -0.05) is 30.3 Å². The Balaban J connectivity index is 1.26. The summed E-state index contributed by atoms with van der Waals surface area (Å²) in [5, 5.41) is 14.0. The summed E-state index contributed by atoms with van der Waals surface area (Å²) >= 11 is 0. The van der Waals surface area contributed by atoms with E-state index in [0.29, 0.717) is 18.0 Å². The van der Waals surface area contributed by atoms with Crippen molar-refractivity contribution in [1.82, 2.24) is 29.5 Å². The summed E-state index contributed by atoms with van der Waals surface area (Å²) in [4.78, 5) is 13.6. The summed E-state index contributed by atoms with van der Waals surface area (Å²) in [5.74, 6) is 1.26. The van der Waals surface area contributed by atoms with E-state index >= 15 is 0 Å². The van der Waals surface area contributed by atoms with Crippen LogP contribution in [0.2, 0.25) is 0 Å². The van der Waals surface area contributed by atoms with Crippen molar-refractivity contribution in [3.8, 4) is 11.4 Å². The van der Waals surface area contributed by atoms with Crippen LogP contribution < -0.4 is 4.74 Å². The quantitative estimate of drug-likeness (QED) is 0.393. The van der Waals surface area contributed by atoms with Crippen molar-refractivity contribution in [3.63, 3.8) is 0 Å². The second-order valence-corrected chi connectivity index (χ2v) is 8.49.